The molecule has 1 rings (SSSR count). The Kier molecular flexibility index (Phi) is 15.3. The van der Waals surface area contributed by atoms with Crippen molar-refractivity contribution in [3.05, 3.63) is 35.9 Å². The molecule has 10 nitrogen and oxygen atoms in total. The van der Waals surface area contributed by atoms with Crippen LogP contribution in [0.5, 0.6) is 0 Å². The van der Waals surface area contributed by atoms with Crippen LogP contribution in [0.3, 0.4) is 0 Å². The first-order valence-electron chi connectivity index (χ1n) is 11.6. The zero-order valence-electron chi connectivity index (χ0n) is 20.9. The summed E-state index contributed by atoms with van der Waals surface area (Å²) in [6.07, 6.45) is -2.16. The molecule has 0 aliphatic heterocycles. The first-order valence-corrected chi connectivity index (χ1v) is 12.0. The molecule has 0 bridgehead atoms. The second kappa shape index (κ2) is 17.3. The molecule has 0 aliphatic carbocycles. The van der Waals surface area contributed by atoms with E-state index in [1.54, 1.807) is 12.0 Å². The van der Waals surface area contributed by atoms with Crippen LogP contribution in [0.15, 0.2) is 30.3 Å². The largest absolute Gasteiger partial charge is 0.383 e. The van der Waals surface area contributed by atoms with Gasteiger partial charge < -0.3 is 29.5 Å². The summed E-state index contributed by atoms with van der Waals surface area (Å²) in [5.74, 6) is -1.57. The van der Waals surface area contributed by atoms with Gasteiger partial charge in [-0.05, 0) is 17.4 Å². The molecule has 0 saturated heterocycles. The summed E-state index contributed by atoms with van der Waals surface area (Å²) >= 11 is 5.65. The van der Waals surface area contributed by atoms with E-state index in [2.05, 4.69) is 5.32 Å². The lowest BCUT2D eigenvalue weighted by atomic mass is 9.96. The zero-order valence-corrected chi connectivity index (χ0v) is 21.8. The van der Waals surface area contributed by atoms with Crippen molar-refractivity contribution in [2.24, 2.45) is 5.92 Å². The average molecular weight is 514 g/mol. The molecular weight excluding hydrogens is 474 g/mol. The maximum absolute atomic E-state index is 13.3. The number of carbonyl (C=O) groups is 2. The van der Waals surface area contributed by atoms with E-state index < -0.39 is 30.4 Å². The Morgan fingerprint density at radius 3 is 2.34 bits per heavy atom. The minimum Gasteiger partial charge on any atom is -0.383 e. The van der Waals surface area contributed by atoms with Crippen LogP contribution in [-0.4, -0.2) is 91.0 Å². The number of rotatable bonds is 17. The highest BCUT2D eigenvalue weighted by Gasteiger charge is 2.33. The van der Waals surface area contributed by atoms with E-state index in [0.29, 0.717) is 37.9 Å². The van der Waals surface area contributed by atoms with Crippen molar-refractivity contribution in [2.45, 2.75) is 45.3 Å². The molecule has 4 N–H and O–H groups in total. The molecule has 0 saturated carbocycles. The summed E-state index contributed by atoms with van der Waals surface area (Å²) < 4.78 is 15.6. The van der Waals surface area contributed by atoms with Gasteiger partial charge in [-0.2, -0.15) is 0 Å². The van der Waals surface area contributed by atoms with E-state index in [-0.39, 0.29) is 18.6 Å². The third kappa shape index (κ3) is 11.4. The van der Waals surface area contributed by atoms with Gasteiger partial charge in [0.25, 0.3) is 5.91 Å². The van der Waals surface area contributed by atoms with Crippen LogP contribution in [0.25, 0.3) is 0 Å². The molecule has 1 aromatic rings. The number of hydrogen-bond acceptors (Lipinski definition) is 8. The topological polar surface area (TPSA) is 130 Å². The quantitative estimate of drug-likeness (QED) is 0.0804. The van der Waals surface area contributed by atoms with Crippen LogP contribution < -0.4 is 10.8 Å². The van der Waals surface area contributed by atoms with E-state index in [0.717, 1.165) is 5.56 Å². The second-order valence-electron chi connectivity index (χ2n) is 8.46. The van der Waals surface area contributed by atoms with Gasteiger partial charge in [0.1, 0.15) is 12.9 Å². The van der Waals surface area contributed by atoms with Gasteiger partial charge in [-0.15, -0.1) is 0 Å². The Bertz CT molecular complexity index is 767. The number of nitrogens with one attached hydrogen (secondary N) is 2. The van der Waals surface area contributed by atoms with Gasteiger partial charge in [-0.3, -0.25) is 14.8 Å². The highest BCUT2D eigenvalue weighted by atomic mass is 32.1. The van der Waals surface area contributed by atoms with Crippen molar-refractivity contribution in [3.63, 3.8) is 0 Å². The number of nitrogens with zero attached hydrogens (tertiary/aromatic N) is 1. The van der Waals surface area contributed by atoms with Gasteiger partial charge in [0.2, 0.25) is 5.91 Å². The molecule has 0 aromatic heterocycles. The van der Waals surface area contributed by atoms with E-state index in [9.17, 15) is 14.7 Å². The predicted octanol–water partition coefficient (Wildman–Crippen LogP) is 1.45. The number of thiocarbonyl (C=S) groups is 1. The first kappa shape index (κ1) is 30.9. The fourth-order valence-electron chi connectivity index (χ4n) is 3.48. The molecule has 198 valence electrons. The summed E-state index contributed by atoms with van der Waals surface area (Å²) in [6, 6.07) is 9.26. The number of ether oxygens (including phenoxy) is 3. The lowest BCUT2D eigenvalue weighted by molar-refractivity contribution is -0.145. The summed E-state index contributed by atoms with van der Waals surface area (Å²) in [6.45, 7) is 8.05. The van der Waals surface area contributed by atoms with Crippen LogP contribution >= 0.6 is 12.2 Å². The third-order valence-corrected chi connectivity index (χ3v) is 5.71. The zero-order chi connectivity index (χ0) is 26.2. The van der Waals surface area contributed by atoms with Gasteiger partial charge in [0.15, 0.2) is 0 Å². The lowest BCUT2D eigenvalue weighted by Crippen LogP contribution is -2.54. The predicted molar refractivity (Wildman–Crippen MR) is 135 cm³/mol. The Balaban J connectivity index is 2.90. The number of hydrogen-bond donors (Lipinski definition) is 4. The first-order chi connectivity index (χ1) is 16.7. The molecule has 0 unspecified atom stereocenters. The normalized spacial score (nSPS) is 13.7. The molecule has 11 heteroatoms. The molecule has 0 radical (unpaired) electrons. The molecule has 2 amide bonds. The van der Waals surface area contributed by atoms with Crippen molar-refractivity contribution in [1.29, 1.82) is 0 Å². The van der Waals surface area contributed by atoms with E-state index >= 15 is 0 Å². The van der Waals surface area contributed by atoms with Crippen LogP contribution in [0, 0.1) is 5.92 Å². The van der Waals surface area contributed by atoms with Crippen molar-refractivity contribution in [2.75, 3.05) is 46.8 Å². The fourth-order valence-corrected chi connectivity index (χ4v) is 3.98. The van der Waals surface area contributed by atoms with Crippen molar-refractivity contribution >= 4 is 29.0 Å². The number of hydroxylamine groups is 1. The third-order valence-electron chi connectivity index (χ3n) is 5.32. The van der Waals surface area contributed by atoms with Crippen LogP contribution in [0.1, 0.15) is 38.7 Å². The maximum atomic E-state index is 13.3. The fraction of sp³-hybridized carbons (Fsp3) is 0.625. The minimum atomic E-state index is -1.68. The molecule has 3 atom stereocenters. The van der Waals surface area contributed by atoms with E-state index in [4.69, 9.17) is 31.6 Å². The van der Waals surface area contributed by atoms with Gasteiger partial charge in [-0.25, -0.2) is 5.48 Å². The molecule has 0 fully saturated rings. The molecular formula is C24H39N3O7S. The van der Waals surface area contributed by atoms with Crippen molar-refractivity contribution in [3.8, 4) is 0 Å². The Labute approximate surface area is 212 Å². The monoisotopic (exact) mass is 513 g/mol. The highest BCUT2D eigenvalue weighted by molar-refractivity contribution is 7.80. The summed E-state index contributed by atoms with van der Waals surface area (Å²) in [4.78, 5) is 26.9. The molecule has 1 aromatic carbocycles. The number of amides is 2. The number of aliphatic hydroxyl groups is 1. The summed E-state index contributed by atoms with van der Waals surface area (Å²) in [5.41, 5.74) is 2.42. The van der Waals surface area contributed by atoms with Gasteiger partial charge in [0.05, 0.1) is 37.3 Å². The SMILES string of the molecule is COCCOCOCCNC(=S)[C@H](C(C)C)N(C[C@H](C)c1ccccc1)C(=O)C[C@H](O)C(=O)NO. The maximum Gasteiger partial charge on any atom is 0.272 e. The van der Waals surface area contributed by atoms with Crippen LogP contribution in [0.2, 0.25) is 0 Å². The smallest absolute Gasteiger partial charge is 0.272 e. The minimum absolute atomic E-state index is 0.0272. The number of benzene rings is 1. The van der Waals surface area contributed by atoms with Crippen molar-refractivity contribution in [1.82, 2.24) is 15.7 Å². The standard InChI is InChI=1S/C24H39N3O7S/c1-17(2)22(24(35)25-10-11-33-16-34-13-12-32-4)27(21(29)14-20(28)23(30)26-31)15-18(3)19-8-6-5-7-9-19/h5-9,17-18,20,22,28,31H,10-16H2,1-4H3,(H,25,35)(H,26,30)/t18-,20-,22-/m0/s1. The molecule has 0 aliphatic rings. The van der Waals surface area contributed by atoms with Crippen LogP contribution in [0.4, 0.5) is 0 Å². The molecule has 0 heterocycles. The number of carbonyl (C=O) groups excluding carboxylic acids is 2. The van der Waals surface area contributed by atoms with Crippen LogP contribution in [-0.2, 0) is 23.8 Å². The Morgan fingerprint density at radius 2 is 1.74 bits per heavy atom. The van der Waals surface area contributed by atoms with E-state index in [1.165, 1.54) is 5.48 Å². The van der Waals surface area contributed by atoms with Gasteiger partial charge >= 0.3 is 0 Å². The van der Waals surface area contributed by atoms with E-state index in [1.807, 2.05) is 51.1 Å². The average Bonchev–Trinajstić information content (AvgIpc) is 2.84. The second-order valence-corrected chi connectivity index (χ2v) is 8.90. The summed E-state index contributed by atoms with van der Waals surface area (Å²) in [7, 11) is 1.59. The molecule has 0 spiro atoms. The highest BCUT2D eigenvalue weighted by Crippen LogP contribution is 2.22. The molecule has 35 heavy (non-hydrogen) atoms. The van der Waals surface area contributed by atoms with Gasteiger partial charge in [0, 0.05) is 20.2 Å². The number of methoxy groups -OCH3 is 1. The Hall–Kier alpha value is -2.15. The number of aliphatic hydroxyl groups excluding tert-OH is 1. The lowest BCUT2D eigenvalue weighted by Gasteiger charge is -2.37. The van der Waals surface area contributed by atoms with Gasteiger partial charge in [-0.1, -0.05) is 63.3 Å². The summed E-state index contributed by atoms with van der Waals surface area (Å²) in [5, 5.41) is 22.0. The van der Waals surface area contributed by atoms with Crippen molar-refractivity contribution < 1.29 is 34.1 Å². The Morgan fingerprint density at radius 1 is 1.09 bits per heavy atom.